The molecule has 2 aromatic heterocycles. The van der Waals surface area contributed by atoms with E-state index < -0.39 is 0 Å². The molecule has 2 aromatic carbocycles. The number of thiophene rings is 1. The fraction of sp³-hybridized carbons (Fsp3) is 0. The van der Waals surface area contributed by atoms with E-state index in [0.717, 1.165) is 15.5 Å². The number of aromatic nitrogens is 1. The molecular weight excluding hydrogens is 340 g/mol. The number of anilines is 2. The van der Waals surface area contributed by atoms with Crippen LogP contribution in [0.15, 0.2) is 85.0 Å². The summed E-state index contributed by atoms with van der Waals surface area (Å²) in [6, 6.07) is 19.9. The van der Waals surface area contributed by atoms with Gasteiger partial charge in [0, 0.05) is 9.79 Å². The maximum Gasteiger partial charge on any atom is 0.349 e. The van der Waals surface area contributed by atoms with Crippen LogP contribution in [0.5, 0.6) is 0 Å². The number of hydrogen-bond acceptors (Lipinski definition) is 6. The number of hydrogen-bond donors (Lipinski definition) is 1. The number of para-hydroxylation sites is 1. The van der Waals surface area contributed by atoms with Crippen LogP contribution in [0.4, 0.5) is 11.7 Å². The van der Waals surface area contributed by atoms with Crippen molar-refractivity contribution in [2.45, 2.75) is 9.79 Å². The lowest BCUT2D eigenvalue weighted by Gasteiger charge is -2.10. The minimum absolute atomic E-state index is 0.205. The fourth-order valence-electron chi connectivity index (χ4n) is 2.24. The molecular formula is C18H12N2O2S2. The van der Waals surface area contributed by atoms with Gasteiger partial charge < -0.3 is 9.73 Å². The Morgan fingerprint density at radius 1 is 1.00 bits per heavy atom. The molecule has 2 heterocycles. The van der Waals surface area contributed by atoms with Gasteiger partial charge in [-0.3, -0.25) is 0 Å². The Morgan fingerprint density at radius 2 is 1.79 bits per heavy atom. The highest BCUT2D eigenvalue weighted by Crippen LogP contribution is 2.34. The zero-order valence-corrected chi connectivity index (χ0v) is 14.1. The zero-order chi connectivity index (χ0) is 16.4. The van der Waals surface area contributed by atoms with Crippen LogP contribution in [0.25, 0.3) is 10.2 Å². The largest absolute Gasteiger partial charge is 0.388 e. The van der Waals surface area contributed by atoms with Crippen molar-refractivity contribution < 1.29 is 4.42 Å². The number of fused-ring (bicyclic) bond motifs is 1. The molecule has 0 spiro atoms. The second-order valence-corrected chi connectivity index (χ2v) is 6.99. The summed E-state index contributed by atoms with van der Waals surface area (Å²) in [4.78, 5) is 19.2. The SMILES string of the molecule is O=c1oc(Nc2ccccc2Sc2ccccc2)nc2sccc12. The van der Waals surface area contributed by atoms with Crippen molar-refractivity contribution in [3.8, 4) is 0 Å². The Kier molecular flexibility index (Phi) is 4.06. The smallest absolute Gasteiger partial charge is 0.349 e. The molecule has 118 valence electrons. The minimum Gasteiger partial charge on any atom is -0.388 e. The highest BCUT2D eigenvalue weighted by molar-refractivity contribution is 7.99. The van der Waals surface area contributed by atoms with Crippen molar-refractivity contribution in [3.05, 3.63) is 76.5 Å². The van der Waals surface area contributed by atoms with E-state index in [-0.39, 0.29) is 11.6 Å². The lowest BCUT2D eigenvalue weighted by Crippen LogP contribution is -2.03. The predicted octanol–water partition coefficient (Wildman–Crippen LogP) is 5.14. The van der Waals surface area contributed by atoms with Gasteiger partial charge in [0.2, 0.25) is 0 Å². The van der Waals surface area contributed by atoms with Gasteiger partial charge in [-0.2, -0.15) is 4.98 Å². The Labute approximate surface area is 146 Å². The average Bonchev–Trinajstić information content (AvgIpc) is 3.07. The van der Waals surface area contributed by atoms with Crippen molar-refractivity contribution in [1.82, 2.24) is 4.98 Å². The number of nitrogens with one attached hydrogen (secondary N) is 1. The Bertz CT molecular complexity index is 1040. The van der Waals surface area contributed by atoms with Crippen LogP contribution >= 0.6 is 23.1 Å². The molecule has 0 aliphatic carbocycles. The van der Waals surface area contributed by atoms with Crippen LogP contribution in [0, 0.1) is 0 Å². The van der Waals surface area contributed by atoms with Crippen molar-refractivity contribution in [3.63, 3.8) is 0 Å². The van der Waals surface area contributed by atoms with E-state index >= 15 is 0 Å². The molecule has 0 radical (unpaired) electrons. The van der Waals surface area contributed by atoms with Crippen molar-refractivity contribution in [2.24, 2.45) is 0 Å². The first-order chi connectivity index (χ1) is 11.8. The first kappa shape index (κ1) is 15.0. The third kappa shape index (κ3) is 3.06. The van der Waals surface area contributed by atoms with E-state index in [1.807, 2.05) is 47.8 Å². The molecule has 4 aromatic rings. The van der Waals surface area contributed by atoms with Crippen LogP contribution in [0.3, 0.4) is 0 Å². The summed E-state index contributed by atoms with van der Waals surface area (Å²) in [6.07, 6.45) is 0. The summed E-state index contributed by atoms with van der Waals surface area (Å²) in [6.45, 7) is 0. The highest BCUT2D eigenvalue weighted by atomic mass is 32.2. The van der Waals surface area contributed by atoms with Gasteiger partial charge in [-0.25, -0.2) is 4.79 Å². The Balaban J connectivity index is 1.67. The van der Waals surface area contributed by atoms with E-state index in [4.69, 9.17) is 4.42 Å². The van der Waals surface area contributed by atoms with Gasteiger partial charge in [-0.05, 0) is 35.7 Å². The van der Waals surface area contributed by atoms with Crippen LogP contribution in [0.1, 0.15) is 0 Å². The summed E-state index contributed by atoms with van der Waals surface area (Å²) in [7, 11) is 0. The van der Waals surface area contributed by atoms with E-state index in [9.17, 15) is 4.79 Å². The van der Waals surface area contributed by atoms with Crippen LogP contribution in [0.2, 0.25) is 0 Å². The first-order valence-corrected chi connectivity index (χ1v) is 8.96. The zero-order valence-electron chi connectivity index (χ0n) is 12.4. The minimum atomic E-state index is -0.378. The molecule has 0 saturated heterocycles. The summed E-state index contributed by atoms with van der Waals surface area (Å²) < 4.78 is 5.28. The predicted molar refractivity (Wildman–Crippen MR) is 98.4 cm³/mol. The summed E-state index contributed by atoms with van der Waals surface area (Å²) >= 11 is 3.05. The second-order valence-electron chi connectivity index (χ2n) is 4.98. The van der Waals surface area contributed by atoms with Gasteiger partial charge in [-0.15, -0.1) is 11.3 Å². The van der Waals surface area contributed by atoms with Crippen molar-refractivity contribution >= 4 is 45.0 Å². The average molecular weight is 352 g/mol. The summed E-state index contributed by atoms with van der Waals surface area (Å²) in [5, 5.41) is 5.47. The third-order valence-electron chi connectivity index (χ3n) is 3.36. The van der Waals surface area contributed by atoms with Crippen LogP contribution < -0.4 is 10.9 Å². The van der Waals surface area contributed by atoms with Gasteiger partial charge in [-0.1, -0.05) is 42.1 Å². The fourth-order valence-corrected chi connectivity index (χ4v) is 3.91. The maximum absolute atomic E-state index is 12.0. The highest BCUT2D eigenvalue weighted by Gasteiger charge is 2.10. The quantitative estimate of drug-likeness (QED) is 0.551. The lowest BCUT2D eigenvalue weighted by atomic mass is 10.3. The molecule has 0 aliphatic rings. The molecule has 0 unspecified atom stereocenters. The number of rotatable bonds is 4. The number of benzene rings is 2. The molecule has 0 fully saturated rings. The van der Waals surface area contributed by atoms with E-state index in [2.05, 4.69) is 22.4 Å². The normalized spacial score (nSPS) is 10.8. The van der Waals surface area contributed by atoms with E-state index in [1.165, 1.54) is 11.3 Å². The molecule has 0 amide bonds. The monoisotopic (exact) mass is 352 g/mol. The van der Waals surface area contributed by atoms with Gasteiger partial charge in [0.05, 0.1) is 11.1 Å². The Hall–Kier alpha value is -2.57. The molecule has 4 nitrogen and oxygen atoms in total. The molecule has 0 atom stereocenters. The van der Waals surface area contributed by atoms with E-state index in [1.54, 1.807) is 17.8 Å². The standard InChI is InChI=1S/C18H12N2O2S2/c21-17-13-10-11-23-16(13)20-18(22-17)19-14-8-4-5-9-15(14)24-12-6-2-1-3-7-12/h1-11H,(H,19,20). The van der Waals surface area contributed by atoms with Gasteiger partial charge in [0.25, 0.3) is 0 Å². The molecule has 0 aliphatic heterocycles. The van der Waals surface area contributed by atoms with E-state index in [0.29, 0.717) is 10.2 Å². The van der Waals surface area contributed by atoms with Gasteiger partial charge in [0.1, 0.15) is 4.83 Å². The summed E-state index contributed by atoms with van der Waals surface area (Å²) in [5.41, 5.74) is 0.467. The molecule has 0 bridgehead atoms. The lowest BCUT2D eigenvalue weighted by molar-refractivity contribution is 0.522. The maximum atomic E-state index is 12.0. The molecule has 6 heteroatoms. The number of nitrogens with zero attached hydrogens (tertiary/aromatic N) is 1. The second kappa shape index (κ2) is 6.51. The van der Waals surface area contributed by atoms with Crippen LogP contribution in [-0.4, -0.2) is 4.98 Å². The molecule has 24 heavy (non-hydrogen) atoms. The van der Waals surface area contributed by atoms with Crippen molar-refractivity contribution in [2.75, 3.05) is 5.32 Å². The van der Waals surface area contributed by atoms with Crippen molar-refractivity contribution in [1.29, 1.82) is 0 Å². The molecule has 0 saturated carbocycles. The van der Waals surface area contributed by atoms with Gasteiger partial charge >= 0.3 is 11.6 Å². The molecule has 1 N–H and O–H groups in total. The first-order valence-electron chi connectivity index (χ1n) is 7.27. The topological polar surface area (TPSA) is 55.1 Å². The molecule has 4 rings (SSSR count). The summed E-state index contributed by atoms with van der Waals surface area (Å²) in [5.74, 6) is 0. The Morgan fingerprint density at radius 3 is 2.67 bits per heavy atom. The van der Waals surface area contributed by atoms with Gasteiger partial charge in [0.15, 0.2) is 0 Å². The third-order valence-corrected chi connectivity index (χ3v) is 5.25. The van der Waals surface area contributed by atoms with Crippen LogP contribution in [-0.2, 0) is 0 Å².